The molecule has 0 radical (unpaired) electrons. The minimum atomic E-state index is -0.839. The fourth-order valence-corrected chi connectivity index (χ4v) is 2.53. The van der Waals surface area contributed by atoms with Gasteiger partial charge < -0.3 is 18.9 Å². The van der Waals surface area contributed by atoms with Gasteiger partial charge in [-0.3, -0.25) is 10.1 Å². The van der Waals surface area contributed by atoms with E-state index in [1.165, 1.54) is 20.3 Å². The lowest BCUT2D eigenvalue weighted by molar-refractivity contribution is -0.385. The Morgan fingerprint density at radius 2 is 1.78 bits per heavy atom. The number of nitrogens with zero attached hydrogens (tertiary/aromatic N) is 1. The van der Waals surface area contributed by atoms with Crippen molar-refractivity contribution in [3.8, 4) is 17.2 Å². The van der Waals surface area contributed by atoms with E-state index < -0.39 is 16.6 Å². The molecule has 0 aliphatic rings. The van der Waals surface area contributed by atoms with E-state index in [2.05, 4.69) is 0 Å². The Kier molecular flexibility index (Phi) is 6.59. The van der Waals surface area contributed by atoms with Crippen LogP contribution in [0.3, 0.4) is 0 Å². The van der Waals surface area contributed by atoms with Crippen molar-refractivity contribution >= 4 is 11.7 Å². The van der Waals surface area contributed by atoms with Gasteiger partial charge in [-0.15, -0.1) is 0 Å². The smallest absolute Gasteiger partial charge is 0.345 e. The topological polar surface area (TPSA) is 97.1 Å². The van der Waals surface area contributed by atoms with E-state index in [1.807, 2.05) is 19.1 Å². The fraction of sp³-hybridized carbons (Fsp3) is 0.316. The molecule has 0 unspecified atom stereocenters. The van der Waals surface area contributed by atoms with Crippen molar-refractivity contribution in [2.24, 2.45) is 0 Å². The van der Waals surface area contributed by atoms with Gasteiger partial charge in [0, 0.05) is 11.6 Å². The van der Waals surface area contributed by atoms with E-state index in [4.69, 9.17) is 18.9 Å². The summed E-state index contributed by atoms with van der Waals surface area (Å²) in [5.74, 6) is 0.118. The molecule has 0 spiro atoms. The van der Waals surface area contributed by atoms with Crippen LogP contribution in [0.25, 0.3) is 0 Å². The first-order valence-corrected chi connectivity index (χ1v) is 8.21. The molecule has 27 heavy (non-hydrogen) atoms. The first-order valence-electron chi connectivity index (χ1n) is 8.21. The maximum Gasteiger partial charge on any atom is 0.345 e. The Labute approximate surface area is 156 Å². The zero-order valence-electron chi connectivity index (χ0n) is 15.6. The molecule has 0 saturated carbocycles. The normalized spacial score (nSPS) is 10.2. The third kappa shape index (κ3) is 4.66. The molecule has 0 amide bonds. The van der Waals surface area contributed by atoms with E-state index in [1.54, 1.807) is 13.0 Å². The Bertz CT molecular complexity index is 848. The molecular weight excluding hydrogens is 354 g/mol. The molecule has 2 rings (SSSR count). The largest absolute Gasteiger partial charge is 0.496 e. The number of carbonyl (C=O) groups excluding carboxylic acids is 1. The number of methoxy groups -OCH3 is 2. The SMILES string of the molecule is CCOc1cc(C(=O)OCc2cc(C)ccc2OC)c([N+](=O)[O-])cc1OC. The molecule has 2 aromatic carbocycles. The molecule has 144 valence electrons. The van der Waals surface area contributed by atoms with Crippen LogP contribution in [0.4, 0.5) is 5.69 Å². The Morgan fingerprint density at radius 1 is 1.07 bits per heavy atom. The van der Waals surface area contributed by atoms with Crippen molar-refractivity contribution in [1.29, 1.82) is 0 Å². The third-order valence-electron chi connectivity index (χ3n) is 3.79. The number of carbonyl (C=O) groups is 1. The predicted molar refractivity (Wildman–Crippen MR) is 97.7 cm³/mol. The van der Waals surface area contributed by atoms with E-state index in [0.717, 1.165) is 11.6 Å². The minimum absolute atomic E-state index is 0.0865. The molecule has 0 saturated heterocycles. The second-order valence-electron chi connectivity index (χ2n) is 5.60. The van der Waals surface area contributed by atoms with Gasteiger partial charge in [0.15, 0.2) is 11.5 Å². The van der Waals surface area contributed by atoms with Crippen molar-refractivity contribution < 1.29 is 28.7 Å². The number of rotatable bonds is 8. The van der Waals surface area contributed by atoms with Gasteiger partial charge in [0.05, 0.1) is 31.8 Å². The highest BCUT2D eigenvalue weighted by Gasteiger charge is 2.26. The van der Waals surface area contributed by atoms with Crippen LogP contribution in [0.15, 0.2) is 30.3 Å². The second-order valence-corrected chi connectivity index (χ2v) is 5.60. The summed E-state index contributed by atoms with van der Waals surface area (Å²) < 4.78 is 21.0. The lowest BCUT2D eigenvalue weighted by Crippen LogP contribution is -2.10. The van der Waals surface area contributed by atoms with E-state index >= 15 is 0 Å². The zero-order chi connectivity index (χ0) is 20.0. The highest BCUT2D eigenvalue weighted by molar-refractivity contribution is 5.95. The molecule has 0 aromatic heterocycles. The van der Waals surface area contributed by atoms with Crippen LogP contribution < -0.4 is 14.2 Å². The van der Waals surface area contributed by atoms with Gasteiger partial charge in [-0.05, 0) is 26.0 Å². The van der Waals surface area contributed by atoms with E-state index in [-0.39, 0.29) is 23.7 Å². The molecule has 0 atom stereocenters. The molecule has 0 aliphatic heterocycles. The molecule has 2 aromatic rings. The van der Waals surface area contributed by atoms with Crippen LogP contribution in [-0.2, 0) is 11.3 Å². The minimum Gasteiger partial charge on any atom is -0.496 e. The highest BCUT2D eigenvalue weighted by Crippen LogP contribution is 2.35. The average molecular weight is 375 g/mol. The summed E-state index contributed by atoms with van der Waals surface area (Å²) in [5.41, 5.74) is 0.996. The maximum atomic E-state index is 12.5. The molecule has 8 heteroatoms. The van der Waals surface area contributed by atoms with Gasteiger partial charge in [-0.1, -0.05) is 11.6 Å². The Balaban J connectivity index is 2.33. The third-order valence-corrected chi connectivity index (χ3v) is 3.79. The fourth-order valence-electron chi connectivity index (χ4n) is 2.53. The molecule has 0 heterocycles. The van der Waals surface area contributed by atoms with Crippen LogP contribution in [0, 0.1) is 17.0 Å². The van der Waals surface area contributed by atoms with Crippen molar-refractivity contribution in [2.45, 2.75) is 20.5 Å². The number of aryl methyl sites for hydroxylation is 1. The number of ether oxygens (including phenoxy) is 4. The van der Waals surface area contributed by atoms with Crippen LogP contribution in [0.5, 0.6) is 17.2 Å². The summed E-state index contributed by atoms with van der Waals surface area (Å²) in [6.45, 7) is 3.87. The summed E-state index contributed by atoms with van der Waals surface area (Å²) in [6, 6.07) is 7.86. The number of hydrogen-bond donors (Lipinski definition) is 0. The molecule has 0 bridgehead atoms. The second kappa shape index (κ2) is 8.88. The highest BCUT2D eigenvalue weighted by atomic mass is 16.6. The number of esters is 1. The number of nitro groups is 1. The van der Waals surface area contributed by atoms with Crippen molar-refractivity contribution in [1.82, 2.24) is 0 Å². The average Bonchev–Trinajstić information content (AvgIpc) is 2.65. The van der Waals surface area contributed by atoms with Gasteiger partial charge in [-0.25, -0.2) is 4.79 Å². The van der Waals surface area contributed by atoms with Gasteiger partial charge in [0.25, 0.3) is 5.69 Å². The summed E-state index contributed by atoms with van der Waals surface area (Å²) in [6.07, 6.45) is 0. The van der Waals surface area contributed by atoms with Crippen LogP contribution >= 0.6 is 0 Å². The van der Waals surface area contributed by atoms with Crippen LogP contribution in [-0.4, -0.2) is 31.7 Å². The van der Waals surface area contributed by atoms with Crippen molar-refractivity contribution in [3.63, 3.8) is 0 Å². The van der Waals surface area contributed by atoms with E-state index in [9.17, 15) is 14.9 Å². The molecule has 8 nitrogen and oxygen atoms in total. The number of benzene rings is 2. The van der Waals surface area contributed by atoms with Gasteiger partial charge in [0.1, 0.15) is 17.9 Å². The van der Waals surface area contributed by atoms with Gasteiger partial charge in [0.2, 0.25) is 0 Å². The molecule has 0 aliphatic carbocycles. The predicted octanol–water partition coefficient (Wildman–Crippen LogP) is 3.68. The first kappa shape index (κ1) is 20.0. The lowest BCUT2D eigenvalue weighted by atomic mass is 10.1. The van der Waals surface area contributed by atoms with Crippen molar-refractivity contribution in [2.75, 3.05) is 20.8 Å². The van der Waals surface area contributed by atoms with Crippen LogP contribution in [0.2, 0.25) is 0 Å². The zero-order valence-corrected chi connectivity index (χ0v) is 15.6. The standard InChI is InChI=1S/C19H21NO7/c1-5-26-18-9-14(15(20(22)23)10-17(18)25-4)19(21)27-11-13-8-12(2)6-7-16(13)24-3/h6-10H,5,11H2,1-4H3. The van der Waals surface area contributed by atoms with Crippen LogP contribution in [0.1, 0.15) is 28.4 Å². The Hall–Kier alpha value is -3.29. The summed E-state index contributed by atoms with van der Waals surface area (Å²) in [4.78, 5) is 23.2. The lowest BCUT2D eigenvalue weighted by Gasteiger charge is -2.13. The number of hydrogen-bond acceptors (Lipinski definition) is 7. The number of nitro benzene ring substituents is 1. The summed E-state index contributed by atoms with van der Waals surface area (Å²) >= 11 is 0. The van der Waals surface area contributed by atoms with Crippen molar-refractivity contribution in [3.05, 3.63) is 57.1 Å². The molecular formula is C19H21NO7. The first-order chi connectivity index (χ1) is 12.9. The quantitative estimate of drug-likeness (QED) is 0.394. The Morgan fingerprint density at radius 3 is 2.37 bits per heavy atom. The summed E-state index contributed by atoms with van der Waals surface area (Å²) in [5, 5.41) is 11.4. The maximum absolute atomic E-state index is 12.5. The molecule has 0 N–H and O–H groups in total. The summed E-state index contributed by atoms with van der Waals surface area (Å²) in [7, 11) is 2.88. The van der Waals surface area contributed by atoms with Gasteiger partial charge in [-0.2, -0.15) is 0 Å². The molecule has 0 fully saturated rings. The van der Waals surface area contributed by atoms with E-state index in [0.29, 0.717) is 17.9 Å². The monoisotopic (exact) mass is 375 g/mol. The van der Waals surface area contributed by atoms with Gasteiger partial charge >= 0.3 is 5.97 Å².